The van der Waals surface area contributed by atoms with Crippen molar-refractivity contribution in [2.45, 2.75) is 90.5 Å². The Morgan fingerprint density at radius 2 is 1.85 bits per heavy atom. The molecule has 0 saturated heterocycles. The lowest BCUT2D eigenvalue weighted by molar-refractivity contribution is -0.133. The van der Waals surface area contributed by atoms with Crippen molar-refractivity contribution in [2.75, 3.05) is 0 Å². The van der Waals surface area contributed by atoms with Crippen LogP contribution in [0, 0.1) is 11.3 Å². The molecule has 0 N–H and O–H groups in total. The first-order valence-corrected chi connectivity index (χ1v) is 11.2. The predicted octanol–water partition coefficient (Wildman–Crippen LogP) is 4.94. The Morgan fingerprint density at radius 1 is 1.20 bits per heavy atom. The molecule has 0 unspecified atom stereocenters. The van der Waals surface area contributed by atoms with Gasteiger partial charge in [0, 0.05) is 18.3 Å². The second-order valence-electron chi connectivity index (χ2n) is 8.75. The van der Waals surface area contributed by atoms with Crippen molar-refractivity contribution in [3.63, 3.8) is 0 Å². The van der Waals surface area contributed by atoms with Crippen LogP contribution in [0.15, 0.2) is 0 Å². The lowest BCUT2D eigenvalue weighted by Gasteiger charge is -2.53. The molecule has 2 saturated carbocycles. The molecule has 0 bridgehead atoms. The molecule has 0 amide bonds. The van der Waals surface area contributed by atoms with Crippen molar-refractivity contribution in [1.82, 2.24) is 0 Å². The number of rotatable bonds is 2. The van der Waals surface area contributed by atoms with Gasteiger partial charge >= 0.3 is 0 Å². The van der Waals surface area contributed by atoms with Crippen LogP contribution in [0.1, 0.15) is 66.2 Å². The molecule has 2 fully saturated rings. The van der Waals surface area contributed by atoms with Crippen LogP contribution in [0.25, 0.3) is 0 Å². The highest BCUT2D eigenvalue weighted by molar-refractivity contribution is 6.74. The zero-order valence-corrected chi connectivity index (χ0v) is 15.2. The van der Waals surface area contributed by atoms with Crippen LogP contribution >= 0.6 is 0 Å². The minimum atomic E-state index is -1.75. The van der Waals surface area contributed by atoms with Gasteiger partial charge in [-0.05, 0) is 43.3 Å². The molecule has 0 aromatic rings. The minimum absolute atomic E-state index is 0.100. The van der Waals surface area contributed by atoms with Crippen LogP contribution in [0.4, 0.5) is 0 Å². The van der Waals surface area contributed by atoms with E-state index in [1.165, 1.54) is 12.8 Å². The predicted molar refractivity (Wildman–Crippen MR) is 86.4 cm³/mol. The van der Waals surface area contributed by atoms with Crippen LogP contribution < -0.4 is 0 Å². The number of carbonyl (C=O) groups is 1. The summed E-state index contributed by atoms with van der Waals surface area (Å²) in [5.41, 5.74) is 0.100. The molecule has 3 heteroatoms. The highest BCUT2D eigenvalue weighted by atomic mass is 28.4. The molecule has 2 nitrogen and oxygen atoms in total. The van der Waals surface area contributed by atoms with E-state index in [4.69, 9.17) is 4.43 Å². The molecule has 2 aliphatic rings. The van der Waals surface area contributed by atoms with Gasteiger partial charge in [-0.25, -0.2) is 0 Å². The molecule has 0 aromatic carbocycles. The van der Waals surface area contributed by atoms with Crippen LogP contribution in [-0.4, -0.2) is 20.2 Å². The third-order valence-electron chi connectivity index (χ3n) is 6.28. The van der Waals surface area contributed by atoms with Gasteiger partial charge in [0.05, 0.1) is 6.10 Å². The van der Waals surface area contributed by atoms with E-state index in [1.54, 1.807) is 0 Å². The van der Waals surface area contributed by atoms with Crippen molar-refractivity contribution in [1.29, 1.82) is 0 Å². The van der Waals surface area contributed by atoms with Gasteiger partial charge in [0.1, 0.15) is 5.78 Å². The summed E-state index contributed by atoms with van der Waals surface area (Å²) in [7, 11) is -1.75. The highest BCUT2D eigenvalue weighted by Gasteiger charge is 2.51. The molecule has 0 radical (unpaired) electrons. The summed E-state index contributed by atoms with van der Waals surface area (Å²) >= 11 is 0. The SMILES string of the molecule is CC(C)(C)[Si](C)(C)O[C@@H]1CCC[C@@H]2CCC(=O)C[C@]21C. The van der Waals surface area contributed by atoms with Crippen LogP contribution in [0.3, 0.4) is 0 Å². The molecule has 0 aromatic heterocycles. The zero-order chi connectivity index (χ0) is 15.2. The van der Waals surface area contributed by atoms with E-state index in [1.807, 2.05) is 0 Å². The molecule has 3 atom stereocenters. The van der Waals surface area contributed by atoms with Gasteiger partial charge in [-0.3, -0.25) is 4.79 Å². The maximum atomic E-state index is 12.0. The largest absolute Gasteiger partial charge is 0.413 e. The van der Waals surface area contributed by atoms with E-state index in [9.17, 15) is 4.79 Å². The Balaban J connectivity index is 2.20. The summed E-state index contributed by atoms with van der Waals surface area (Å²) in [6.07, 6.45) is 6.64. The Bertz CT molecular complexity index is 383. The number of hydrogen-bond acceptors (Lipinski definition) is 2. The Hall–Kier alpha value is -0.153. The van der Waals surface area contributed by atoms with Crippen molar-refractivity contribution < 1.29 is 9.22 Å². The number of fused-ring (bicyclic) bond motifs is 1. The molecule has 2 rings (SSSR count). The lowest BCUT2D eigenvalue weighted by Crippen LogP contribution is -2.54. The minimum Gasteiger partial charge on any atom is -0.413 e. The third-order valence-corrected chi connectivity index (χ3v) is 10.8. The summed E-state index contributed by atoms with van der Waals surface area (Å²) in [5, 5.41) is 0.245. The van der Waals surface area contributed by atoms with Gasteiger partial charge in [0.15, 0.2) is 8.32 Å². The first-order valence-electron chi connectivity index (χ1n) is 8.26. The number of ketones is 1. The number of carbonyl (C=O) groups excluding carboxylic acids is 1. The highest BCUT2D eigenvalue weighted by Crippen LogP contribution is 2.52. The van der Waals surface area contributed by atoms with Crippen molar-refractivity contribution in [3.8, 4) is 0 Å². The monoisotopic (exact) mass is 296 g/mol. The fourth-order valence-corrected chi connectivity index (χ4v) is 5.23. The van der Waals surface area contributed by atoms with E-state index in [2.05, 4.69) is 40.8 Å². The molecule has 2 aliphatic carbocycles. The summed E-state index contributed by atoms with van der Waals surface area (Å²) in [6.45, 7) is 13.9. The maximum Gasteiger partial charge on any atom is 0.192 e. The van der Waals surface area contributed by atoms with Gasteiger partial charge in [0.25, 0.3) is 0 Å². The summed E-state index contributed by atoms with van der Waals surface area (Å²) in [4.78, 5) is 12.0. The molecule has 0 heterocycles. The second-order valence-corrected chi connectivity index (χ2v) is 13.5. The molecule has 0 spiro atoms. The van der Waals surface area contributed by atoms with Gasteiger partial charge < -0.3 is 4.43 Å². The van der Waals surface area contributed by atoms with E-state index in [0.29, 0.717) is 17.8 Å². The maximum absolute atomic E-state index is 12.0. The average Bonchev–Trinajstić information content (AvgIpc) is 2.28. The Labute approximate surface area is 125 Å². The van der Waals surface area contributed by atoms with Gasteiger partial charge in [-0.15, -0.1) is 0 Å². The first-order chi connectivity index (χ1) is 9.06. The van der Waals surface area contributed by atoms with Crippen LogP contribution in [0.5, 0.6) is 0 Å². The van der Waals surface area contributed by atoms with Crippen LogP contribution in [0.2, 0.25) is 18.1 Å². The van der Waals surface area contributed by atoms with Gasteiger partial charge in [-0.1, -0.05) is 34.1 Å². The van der Waals surface area contributed by atoms with Crippen molar-refractivity contribution in [2.24, 2.45) is 11.3 Å². The van der Waals surface area contributed by atoms with E-state index >= 15 is 0 Å². The topological polar surface area (TPSA) is 26.3 Å². The molecular weight excluding hydrogens is 264 g/mol. The Kier molecular flexibility index (Phi) is 4.25. The smallest absolute Gasteiger partial charge is 0.192 e. The molecular formula is C17H32O2Si. The standard InChI is InChI=1S/C17H32O2Si/c1-16(2,3)20(5,6)19-15-9-7-8-13-10-11-14(18)12-17(13,15)4/h13,15H,7-12H2,1-6H3/t13-,15-,17-/m1/s1. The Morgan fingerprint density at radius 3 is 2.45 bits per heavy atom. The summed E-state index contributed by atoms with van der Waals surface area (Å²) in [5.74, 6) is 1.15. The van der Waals surface area contributed by atoms with Crippen LogP contribution in [-0.2, 0) is 9.22 Å². The van der Waals surface area contributed by atoms with E-state index < -0.39 is 8.32 Å². The fourth-order valence-electron chi connectivity index (χ4n) is 3.78. The normalized spacial score (nSPS) is 35.8. The fraction of sp³-hybridized carbons (Fsp3) is 0.941. The lowest BCUT2D eigenvalue weighted by atomic mass is 9.59. The molecule has 116 valence electrons. The van der Waals surface area contributed by atoms with E-state index in [-0.39, 0.29) is 10.5 Å². The van der Waals surface area contributed by atoms with Crippen molar-refractivity contribution in [3.05, 3.63) is 0 Å². The zero-order valence-electron chi connectivity index (χ0n) is 14.2. The second kappa shape index (κ2) is 5.24. The van der Waals surface area contributed by atoms with Crippen molar-refractivity contribution >= 4 is 14.1 Å². The number of hydrogen-bond donors (Lipinski definition) is 0. The molecule has 0 aliphatic heterocycles. The summed E-state index contributed by atoms with van der Waals surface area (Å²) in [6, 6.07) is 0. The summed E-state index contributed by atoms with van der Waals surface area (Å²) < 4.78 is 6.75. The first kappa shape index (κ1) is 16.2. The molecule has 20 heavy (non-hydrogen) atoms. The van der Waals surface area contributed by atoms with Gasteiger partial charge in [-0.2, -0.15) is 0 Å². The van der Waals surface area contributed by atoms with E-state index in [0.717, 1.165) is 25.7 Å². The third kappa shape index (κ3) is 2.89. The average molecular weight is 297 g/mol. The number of Topliss-reactive ketones (excluding diaryl/α,β-unsaturated/α-hetero) is 1. The van der Waals surface area contributed by atoms with Gasteiger partial charge in [0.2, 0.25) is 0 Å². The quantitative estimate of drug-likeness (QED) is 0.675.